The van der Waals surface area contributed by atoms with Crippen molar-refractivity contribution in [3.05, 3.63) is 23.3 Å². The fourth-order valence-corrected chi connectivity index (χ4v) is 1.91. The number of halogens is 3. The lowest BCUT2D eigenvalue weighted by atomic mass is 10.1. The molecule has 1 aromatic rings. The minimum absolute atomic E-state index is 0.0597. The monoisotopic (exact) mass is 277 g/mol. The van der Waals surface area contributed by atoms with Gasteiger partial charge in [-0.05, 0) is 23.9 Å². The zero-order valence-corrected chi connectivity index (χ0v) is 10.5. The fraction of sp³-hybridized carbons (Fsp3) is 0.364. The van der Waals surface area contributed by atoms with E-state index < -0.39 is 11.7 Å². The highest BCUT2D eigenvalue weighted by Gasteiger charge is 2.35. The van der Waals surface area contributed by atoms with Crippen molar-refractivity contribution in [1.82, 2.24) is 0 Å². The Morgan fingerprint density at radius 3 is 2.44 bits per heavy atom. The standard InChI is InChI=1S/C11H10F3NO2S/c1-16-5-8-9(11(12,13)14)3-7(18-6-15)4-10(8)17-2/h3-4H,5H2,1-2H3. The van der Waals surface area contributed by atoms with Crippen molar-refractivity contribution in [3.8, 4) is 11.2 Å². The van der Waals surface area contributed by atoms with E-state index in [2.05, 4.69) is 0 Å². The number of methoxy groups -OCH3 is 2. The molecule has 0 aliphatic heterocycles. The predicted molar refractivity (Wildman–Crippen MR) is 60.2 cm³/mol. The van der Waals surface area contributed by atoms with Crippen LogP contribution in [0.2, 0.25) is 0 Å². The Labute approximate surface area is 106 Å². The maximum atomic E-state index is 12.9. The van der Waals surface area contributed by atoms with Gasteiger partial charge in [0, 0.05) is 17.6 Å². The van der Waals surface area contributed by atoms with Crippen LogP contribution in [0.5, 0.6) is 5.75 Å². The summed E-state index contributed by atoms with van der Waals surface area (Å²) in [5, 5.41) is 10.2. The highest BCUT2D eigenvalue weighted by Crippen LogP contribution is 2.39. The number of ether oxygens (including phenoxy) is 2. The van der Waals surface area contributed by atoms with E-state index in [1.54, 1.807) is 5.40 Å². The average Bonchev–Trinajstić information content (AvgIpc) is 2.29. The number of alkyl halides is 3. The molecule has 0 amide bonds. The van der Waals surface area contributed by atoms with Gasteiger partial charge in [0.25, 0.3) is 0 Å². The van der Waals surface area contributed by atoms with Gasteiger partial charge in [-0.25, -0.2) is 0 Å². The van der Waals surface area contributed by atoms with Crippen LogP contribution in [0.25, 0.3) is 0 Å². The van der Waals surface area contributed by atoms with Crippen LogP contribution in [0.15, 0.2) is 17.0 Å². The molecule has 0 saturated heterocycles. The van der Waals surface area contributed by atoms with Gasteiger partial charge in [-0.1, -0.05) is 0 Å². The first-order valence-corrected chi connectivity index (χ1v) is 5.58. The summed E-state index contributed by atoms with van der Waals surface area (Å²) in [5.74, 6) is 0.0597. The summed E-state index contributed by atoms with van der Waals surface area (Å²) >= 11 is 0.647. The normalized spacial score (nSPS) is 11.1. The molecule has 1 rings (SSSR count). The Balaban J connectivity index is 3.42. The molecule has 0 fully saturated rings. The van der Waals surface area contributed by atoms with E-state index >= 15 is 0 Å². The minimum Gasteiger partial charge on any atom is -0.496 e. The summed E-state index contributed by atoms with van der Waals surface area (Å²) in [4.78, 5) is 0.182. The molecule has 0 radical (unpaired) electrons. The van der Waals surface area contributed by atoms with Gasteiger partial charge < -0.3 is 9.47 Å². The van der Waals surface area contributed by atoms with E-state index in [0.29, 0.717) is 11.8 Å². The van der Waals surface area contributed by atoms with Gasteiger partial charge in [0.15, 0.2) is 0 Å². The lowest BCUT2D eigenvalue weighted by molar-refractivity contribution is -0.139. The lowest BCUT2D eigenvalue weighted by Gasteiger charge is -2.16. The molecule has 0 saturated carbocycles. The summed E-state index contributed by atoms with van der Waals surface area (Å²) in [6, 6.07) is 2.31. The van der Waals surface area contributed by atoms with Gasteiger partial charge >= 0.3 is 6.18 Å². The van der Waals surface area contributed by atoms with E-state index in [0.717, 1.165) is 6.07 Å². The Morgan fingerprint density at radius 2 is 2.00 bits per heavy atom. The van der Waals surface area contributed by atoms with E-state index in [4.69, 9.17) is 14.7 Å². The molecule has 0 bridgehead atoms. The maximum Gasteiger partial charge on any atom is 0.416 e. The molecule has 0 aliphatic carbocycles. The molecule has 98 valence electrons. The highest BCUT2D eigenvalue weighted by molar-refractivity contribution is 8.03. The number of rotatable bonds is 4. The molecule has 18 heavy (non-hydrogen) atoms. The quantitative estimate of drug-likeness (QED) is 0.624. The van der Waals surface area contributed by atoms with Gasteiger partial charge in [-0.2, -0.15) is 18.4 Å². The van der Waals surface area contributed by atoms with Gasteiger partial charge in [-0.15, -0.1) is 0 Å². The van der Waals surface area contributed by atoms with E-state index in [9.17, 15) is 13.2 Å². The van der Waals surface area contributed by atoms with Crippen LogP contribution >= 0.6 is 11.8 Å². The molecular formula is C11H10F3NO2S. The average molecular weight is 277 g/mol. The molecule has 0 unspecified atom stereocenters. The molecule has 0 heterocycles. The number of thioether (sulfide) groups is 1. The highest BCUT2D eigenvalue weighted by atomic mass is 32.2. The fourth-order valence-electron chi connectivity index (χ4n) is 1.46. The molecule has 0 atom stereocenters. The topological polar surface area (TPSA) is 42.2 Å². The first kappa shape index (κ1) is 14.7. The summed E-state index contributed by atoms with van der Waals surface area (Å²) in [7, 11) is 2.58. The Hall–Kier alpha value is -1.39. The van der Waals surface area contributed by atoms with Gasteiger partial charge in [0.05, 0.1) is 19.3 Å². The van der Waals surface area contributed by atoms with Crippen LogP contribution in [0.1, 0.15) is 11.1 Å². The van der Waals surface area contributed by atoms with Crippen LogP contribution in [-0.4, -0.2) is 14.2 Å². The second kappa shape index (κ2) is 5.98. The molecule has 0 N–H and O–H groups in total. The van der Waals surface area contributed by atoms with E-state index in [1.165, 1.54) is 20.3 Å². The van der Waals surface area contributed by atoms with Crippen LogP contribution < -0.4 is 4.74 Å². The second-order valence-corrected chi connectivity index (χ2v) is 4.13. The summed E-state index contributed by atoms with van der Waals surface area (Å²) in [5.41, 5.74) is -0.920. The van der Waals surface area contributed by atoms with E-state index in [1.807, 2.05) is 0 Å². The first-order chi connectivity index (χ1) is 8.43. The first-order valence-electron chi connectivity index (χ1n) is 4.77. The SMILES string of the molecule is COCc1c(OC)cc(SC#N)cc1C(F)(F)F. The van der Waals surface area contributed by atoms with E-state index in [-0.39, 0.29) is 22.8 Å². The van der Waals surface area contributed by atoms with Crippen molar-refractivity contribution in [2.45, 2.75) is 17.7 Å². The summed E-state index contributed by atoms with van der Waals surface area (Å²) in [6.45, 7) is -0.213. The third-order valence-electron chi connectivity index (χ3n) is 2.16. The molecule has 0 aliphatic rings. The molecule has 0 spiro atoms. The molecule has 3 nitrogen and oxygen atoms in total. The molecule has 1 aromatic carbocycles. The number of nitrogens with zero attached hydrogens (tertiary/aromatic N) is 1. The third-order valence-corrected chi connectivity index (χ3v) is 2.72. The minimum atomic E-state index is -4.52. The smallest absolute Gasteiger partial charge is 0.416 e. The number of thiocyanates is 1. The number of hydrogen-bond donors (Lipinski definition) is 0. The number of nitriles is 1. The second-order valence-electron chi connectivity index (χ2n) is 3.28. The molecular weight excluding hydrogens is 267 g/mol. The van der Waals surface area contributed by atoms with Crippen molar-refractivity contribution >= 4 is 11.8 Å². The predicted octanol–water partition coefficient (Wildman–Crippen LogP) is 3.43. The van der Waals surface area contributed by atoms with Crippen molar-refractivity contribution in [2.75, 3.05) is 14.2 Å². The summed E-state index contributed by atoms with van der Waals surface area (Å²) < 4.78 is 48.4. The van der Waals surface area contributed by atoms with Crippen molar-refractivity contribution in [1.29, 1.82) is 5.26 Å². The number of benzene rings is 1. The van der Waals surface area contributed by atoms with Gasteiger partial charge in [-0.3, -0.25) is 0 Å². The van der Waals surface area contributed by atoms with Gasteiger partial charge in [0.1, 0.15) is 11.2 Å². The molecule has 7 heteroatoms. The Morgan fingerprint density at radius 1 is 1.33 bits per heavy atom. The molecule has 0 aromatic heterocycles. The van der Waals surface area contributed by atoms with Crippen LogP contribution in [0.3, 0.4) is 0 Å². The Bertz CT molecular complexity index is 469. The zero-order chi connectivity index (χ0) is 13.8. The summed E-state index contributed by atoms with van der Waals surface area (Å²) in [6.07, 6.45) is -4.52. The maximum absolute atomic E-state index is 12.9. The van der Waals surface area contributed by atoms with Crippen LogP contribution in [0.4, 0.5) is 13.2 Å². The van der Waals surface area contributed by atoms with Crippen molar-refractivity contribution < 1.29 is 22.6 Å². The zero-order valence-electron chi connectivity index (χ0n) is 9.67. The third kappa shape index (κ3) is 3.31. The van der Waals surface area contributed by atoms with Crippen LogP contribution in [0, 0.1) is 10.7 Å². The van der Waals surface area contributed by atoms with Crippen molar-refractivity contribution in [3.63, 3.8) is 0 Å². The number of hydrogen-bond acceptors (Lipinski definition) is 4. The van der Waals surface area contributed by atoms with Crippen molar-refractivity contribution in [2.24, 2.45) is 0 Å². The van der Waals surface area contributed by atoms with Gasteiger partial charge in [0.2, 0.25) is 0 Å². The Kier molecular flexibility index (Phi) is 4.87. The largest absolute Gasteiger partial charge is 0.496 e. The lowest BCUT2D eigenvalue weighted by Crippen LogP contribution is -2.11. The van der Waals surface area contributed by atoms with Crippen LogP contribution in [-0.2, 0) is 17.5 Å².